The van der Waals surface area contributed by atoms with E-state index < -0.39 is 20.9 Å². The van der Waals surface area contributed by atoms with Crippen LogP contribution >= 0.6 is 11.5 Å². The zero-order valence-electron chi connectivity index (χ0n) is 19.8. The third kappa shape index (κ3) is 7.53. The number of hydrogen-bond acceptors (Lipinski definition) is 10. The van der Waals surface area contributed by atoms with Crippen LogP contribution in [0.5, 0.6) is 17.2 Å². The van der Waals surface area contributed by atoms with Crippen LogP contribution in [-0.4, -0.2) is 50.3 Å². The molecule has 0 unspecified atom stereocenters. The van der Waals surface area contributed by atoms with E-state index in [4.69, 9.17) is 14.2 Å². The molecule has 3 rings (SSSR count). The average molecular weight is 529 g/mol. The fourth-order valence-electron chi connectivity index (χ4n) is 2.85. The van der Waals surface area contributed by atoms with Crippen LogP contribution in [0.25, 0.3) is 6.08 Å². The molecule has 0 bridgehead atoms. The molecule has 12 heteroatoms. The highest BCUT2D eigenvalue weighted by Gasteiger charge is 2.17. The first-order valence-corrected chi connectivity index (χ1v) is 13.3. The molecule has 3 aromatic rings. The lowest BCUT2D eigenvalue weighted by Gasteiger charge is -2.12. The summed E-state index contributed by atoms with van der Waals surface area (Å²) < 4.78 is 43.5. The fraction of sp³-hybridized carbons (Fsp3) is 0.250. The number of anilines is 1. The van der Waals surface area contributed by atoms with E-state index in [1.165, 1.54) is 18.7 Å². The minimum atomic E-state index is -3.60. The molecule has 0 spiro atoms. The molecule has 1 amide bonds. The van der Waals surface area contributed by atoms with Gasteiger partial charge in [0, 0.05) is 24.2 Å². The minimum absolute atomic E-state index is 0.0331. The highest BCUT2D eigenvalue weighted by molar-refractivity contribution is 7.90. The smallest absolute Gasteiger partial charge is 0.268 e. The van der Waals surface area contributed by atoms with Crippen molar-refractivity contribution in [3.63, 3.8) is 0 Å². The number of carbonyl (C=O) groups excluding carboxylic acids is 1. The zero-order chi connectivity index (χ0) is 26.1. The Kier molecular flexibility index (Phi) is 8.99. The van der Waals surface area contributed by atoms with E-state index in [0.29, 0.717) is 48.2 Å². The van der Waals surface area contributed by atoms with Crippen LogP contribution in [0.4, 0.5) is 5.13 Å². The molecule has 0 fully saturated rings. The first-order valence-electron chi connectivity index (χ1n) is 10.7. The maximum Gasteiger partial charge on any atom is 0.268 e. The second kappa shape index (κ2) is 12.1. The number of carbonyl (C=O) groups is 1. The number of aryl methyl sites for hydroxylation is 1. The van der Waals surface area contributed by atoms with Gasteiger partial charge in [0.05, 0.1) is 20.3 Å². The number of ether oxygens (including phenoxy) is 3. The van der Waals surface area contributed by atoms with Gasteiger partial charge in [0.1, 0.15) is 17.4 Å². The Morgan fingerprint density at radius 1 is 1.14 bits per heavy atom. The van der Waals surface area contributed by atoms with Crippen molar-refractivity contribution in [2.45, 2.75) is 18.5 Å². The first-order chi connectivity index (χ1) is 17.2. The molecular weight excluding hydrogens is 504 g/mol. The van der Waals surface area contributed by atoms with Gasteiger partial charge in [-0.3, -0.25) is 10.1 Å². The second-order valence-electron chi connectivity index (χ2n) is 7.55. The third-order valence-electron chi connectivity index (χ3n) is 4.66. The summed E-state index contributed by atoms with van der Waals surface area (Å²) in [6.45, 7) is 2.91. The van der Waals surface area contributed by atoms with Crippen LogP contribution in [0, 0.1) is 18.3 Å². The molecule has 0 aliphatic carbocycles. The normalized spacial score (nSPS) is 11.4. The molecule has 0 radical (unpaired) electrons. The van der Waals surface area contributed by atoms with Crippen LogP contribution < -0.4 is 19.5 Å². The van der Waals surface area contributed by atoms with Gasteiger partial charge < -0.3 is 14.2 Å². The largest absolute Gasteiger partial charge is 0.493 e. The summed E-state index contributed by atoms with van der Waals surface area (Å²) in [5, 5.41) is 11.4. The van der Waals surface area contributed by atoms with E-state index in [0.717, 1.165) is 12.0 Å². The van der Waals surface area contributed by atoms with E-state index in [1.807, 2.05) is 37.3 Å². The van der Waals surface area contributed by atoms with Gasteiger partial charge in [-0.25, -0.2) is 8.42 Å². The summed E-state index contributed by atoms with van der Waals surface area (Å²) in [5.74, 6) is 0.994. The first kappa shape index (κ1) is 26.7. The lowest BCUT2D eigenvalue weighted by Crippen LogP contribution is -2.13. The monoisotopic (exact) mass is 528 g/mol. The number of methoxy groups -OCH3 is 1. The minimum Gasteiger partial charge on any atom is -0.493 e. The molecule has 1 aromatic heterocycles. The lowest BCUT2D eigenvalue weighted by molar-refractivity contribution is -0.112. The summed E-state index contributed by atoms with van der Waals surface area (Å²) in [4.78, 5) is 16.2. The number of benzene rings is 2. The molecule has 10 nitrogen and oxygen atoms in total. The zero-order valence-corrected chi connectivity index (χ0v) is 21.5. The number of sulfone groups is 1. The van der Waals surface area contributed by atoms with Crippen LogP contribution in [0.15, 0.2) is 53.2 Å². The maximum absolute atomic E-state index is 12.5. The van der Waals surface area contributed by atoms with Crippen molar-refractivity contribution < 1.29 is 27.4 Å². The Morgan fingerprint density at radius 3 is 2.50 bits per heavy atom. The van der Waals surface area contributed by atoms with Gasteiger partial charge in [-0.1, -0.05) is 23.8 Å². The topological polar surface area (TPSA) is 140 Å². The number of nitriles is 1. The van der Waals surface area contributed by atoms with E-state index in [2.05, 4.69) is 14.7 Å². The van der Waals surface area contributed by atoms with Crippen molar-refractivity contribution >= 4 is 38.5 Å². The quantitative estimate of drug-likeness (QED) is 0.224. The molecule has 0 saturated carbocycles. The van der Waals surface area contributed by atoms with E-state index >= 15 is 0 Å². The molecule has 0 aliphatic heterocycles. The molecule has 36 heavy (non-hydrogen) atoms. The predicted octanol–water partition coefficient (Wildman–Crippen LogP) is 3.65. The standard InChI is InChI=1S/C24H24N4O6S2/c1-16-5-8-19(9-6-16)33-11-4-12-34-20-10-7-17(14-21(20)32-2)13-18(15-25)22(29)26-23-27-24(28-35-23)36(3,30)31/h5-10,13-14H,4,11-12H2,1-3H3,(H,26,27,28,29). The van der Waals surface area contributed by atoms with E-state index in [9.17, 15) is 18.5 Å². The van der Waals surface area contributed by atoms with Crippen molar-refractivity contribution in [3.05, 3.63) is 59.2 Å². The van der Waals surface area contributed by atoms with Gasteiger partial charge in [0.15, 0.2) is 11.5 Å². The Labute approximate surface area is 213 Å². The van der Waals surface area contributed by atoms with Crippen LogP contribution in [0.3, 0.4) is 0 Å². The van der Waals surface area contributed by atoms with Gasteiger partial charge >= 0.3 is 0 Å². The highest BCUT2D eigenvalue weighted by Crippen LogP contribution is 2.29. The van der Waals surface area contributed by atoms with Gasteiger partial charge in [-0.15, -0.1) is 0 Å². The number of rotatable bonds is 11. The Balaban J connectivity index is 1.59. The van der Waals surface area contributed by atoms with E-state index in [1.54, 1.807) is 18.2 Å². The molecular formula is C24H24N4O6S2. The van der Waals surface area contributed by atoms with Crippen LogP contribution in [-0.2, 0) is 14.6 Å². The number of amides is 1. The number of nitrogens with zero attached hydrogens (tertiary/aromatic N) is 3. The lowest BCUT2D eigenvalue weighted by atomic mass is 10.1. The van der Waals surface area contributed by atoms with Gasteiger partial charge in [0.2, 0.25) is 15.0 Å². The predicted molar refractivity (Wildman–Crippen MR) is 135 cm³/mol. The third-order valence-corrected chi connectivity index (χ3v) is 6.25. The van der Waals surface area contributed by atoms with Crippen molar-refractivity contribution in [1.82, 2.24) is 9.36 Å². The summed E-state index contributed by atoms with van der Waals surface area (Å²) >= 11 is 0.703. The molecule has 1 N–H and O–H groups in total. The molecule has 0 saturated heterocycles. The average Bonchev–Trinajstić information content (AvgIpc) is 3.33. The van der Waals surface area contributed by atoms with Gasteiger partial charge in [0.25, 0.3) is 11.1 Å². The Bertz CT molecular complexity index is 1390. The summed E-state index contributed by atoms with van der Waals surface area (Å²) in [7, 11) is -2.11. The second-order valence-corrected chi connectivity index (χ2v) is 10.2. The van der Waals surface area contributed by atoms with Crippen molar-refractivity contribution in [1.29, 1.82) is 5.26 Å². The molecule has 1 heterocycles. The van der Waals surface area contributed by atoms with Crippen LogP contribution in [0.2, 0.25) is 0 Å². The SMILES string of the molecule is COc1cc(C=C(C#N)C(=O)Nc2nc(S(C)(=O)=O)ns2)ccc1OCCCOc1ccc(C)cc1. The summed E-state index contributed by atoms with van der Waals surface area (Å²) in [6, 6.07) is 14.6. The molecule has 2 aromatic carbocycles. The fourth-order valence-corrected chi connectivity index (χ4v) is 4.29. The van der Waals surface area contributed by atoms with Crippen LogP contribution in [0.1, 0.15) is 17.5 Å². The molecule has 188 valence electrons. The number of aromatic nitrogens is 2. The summed E-state index contributed by atoms with van der Waals surface area (Å²) in [5.41, 5.74) is 1.48. The molecule has 0 atom stereocenters. The van der Waals surface area contributed by atoms with Crippen molar-refractivity contribution in [2.75, 3.05) is 31.9 Å². The Morgan fingerprint density at radius 2 is 1.86 bits per heavy atom. The molecule has 0 aliphatic rings. The van der Waals surface area contributed by atoms with Gasteiger partial charge in [-0.05, 0) is 42.8 Å². The van der Waals surface area contributed by atoms with Crippen molar-refractivity contribution in [2.24, 2.45) is 0 Å². The summed E-state index contributed by atoms with van der Waals surface area (Å²) in [6.07, 6.45) is 2.99. The van der Waals surface area contributed by atoms with E-state index in [-0.39, 0.29) is 10.7 Å². The highest BCUT2D eigenvalue weighted by atomic mass is 32.2. The van der Waals surface area contributed by atoms with Crippen molar-refractivity contribution in [3.8, 4) is 23.3 Å². The Hall–Kier alpha value is -3.95. The maximum atomic E-state index is 12.5. The number of nitrogens with one attached hydrogen (secondary N) is 1. The van der Waals surface area contributed by atoms with Gasteiger partial charge in [-0.2, -0.15) is 14.6 Å². The number of hydrogen-bond donors (Lipinski definition) is 1.